The highest BCUT2D eigenvalue weighted by Crippen LogP contribution is 2.31. The number of pyridine rings is 1. The highest BCUT2D eigenvalue weighted by Gasteiger charge is 2.42. The number of amides is 1. The van der Waals surface area contributed by atoms with Gasteiger partial charge in [0.2, 0.25) is 0 Å². The highest BCUT2D eigenvalue weighted by atomic mass is 16.6. The minimum absolute atomic E-state index is 0.216. The second kappa shape index (κ2) is 12.5. The van der Waals surface area contributed by atoms with Crippen molar-refractivity contribution in [3.63, 3.8) is 0 Å². The second-order valence-electron chi connectivity index (χ2n) is 9.95. The van der Waals surface area contributed by atoms with E-state index in [2.05, 4.69) is 16.0 Å². The van der Waals surface area contributed by atoms with E-state index in [1.807, 2.05) is 43.4 Å². The van der Waals surface area contributed by atoms with Gasteiger partial charge in [-0.2, -0.15) is 0 Å². The van der Waals surface area contributed by atoms with Gasteiger partial charge >= 0.3 is 12.1 Å². The van der Waals surface area contributed by atoms with Crippen LogP contribution in [0, 0.1) is 5.41 Å². The summed E-state index contributed by atoms with van der Waals surface area (Å²) in [4.78, 5) is 31.4. The molecule has 0 radical (unpaired) electrons. The van der Waals surface area contributed by atoms with Gasteiger partial charge in [-0.1, -0.05) is 24.3 Å². The summed E-state index contributed by atoms with van der Waals surface area (Å²) in [7, 11) is 3.23. The molecule has 4 N–H and O–H groups in total. The number of nitrogens with zero attached hydrogens (tertiary/aromatic N) is 2. The van der Waals surface area contributed by atoms with Crippen molar-refractivity contribution in [2.24, 2.45) is 0 Å². The fraction of sp³-hybridized carbons (Fsp3) is 0.481. The van der Waals surface area contributed by atoms with E-state index < -0.39 is 23.7 Å². The minimum atomic E-state index is -0.738. The molecule has 2 atom stereocenters. The number of hydrogen-bond acceptors (Lipinski definition) is 9. The number of nitrogens with one attached hydrogen (secondary N) is 4. The number of para-hydroxylation sites is 1. The molecule has 0 aliphatic carbocycles. The first-order valence-electron chi connectivity index (χ1n) is 12.5. The van der Waals surface area contributed by atoms with Crippen LogP contribution in [0.1, 0.15) is 39.2 Å². The Hall–Kier alpha value is -3.66. The van der Waals surface area contributed by atoms with Crippen molar-refractivity contribution in [1.29, 1.82) is 5.41 Å². The average molecular weight is 511 g/mol. The van der Waals surface area contributed by atoms with E-state index in [1.54, 1.807) is 20.8 Å². The summed E-state index contributed by atoms with van der Waals surface area (Å²) in [6.07, 6.45) is 2.10. The molecule has 2 aromatic rings. The first-order valence-corrected chi connectivity index (χ1v) is 12.5. The Labute approximate surface area is 218 Å². The number of rotatable bonds is 10. The lowest BCUT2D eigenvalue weighted by Gasteiger charge is -2.27. The van der Waals surface area contributed by atoms with Crippen LogP contribution in [-0.4, -0.2) is 79.6 Å². The van der Waals surface area contributed by atoms with Gasteiger partial charge in [-0.3, -0.25) is 4.90 Å². The van der Waals surface area contributed by atoms with Gasteiger partial charge < -0.3 is 30.8 Å². The quantitative estimate of drug-likeness (QED) is 0.216. The van der Waals surface area contributed by atoms with Crippen LogP contribution in [0.4, 0.5) is 16.3 Å². The molecule has 0 spiro atoms. The first-order chi connectivity index (χ1) is 17.7. The predicted molar refractivity (Wildman–Crippen MR) is 145 cm³/mol. The Balaban J connectivity index is 1.81. The van der Waals surface area contributed by atoms with Crippen molar-refractivity contribution < 1.29 is 19.1 Å². The topological polar surface area (TPSA) is 129 Å². The Kier molecular flexibility index (Phi) is 9.46. The van der Waals surface area contributed by atoms with Crippen molar-refractivity contribution >= 4 is 29.8 Å². The SMILES string of the molecule is CNCCCNc1c(C=N)cccc1-c1cccc(N[C@H]2C[C@@H](C(=O)OC)N(C(=O)OC(C)(C)C)C2)n1. The number of anilines is 2. The number of aromatic nitrogens is 1. The summed E-state index contributed by atoms with van der Waals surface area (Å²) < 4.78 is 10.5. The van der Waals surface area contributed by atoms with E-state index in [0.717, 1.165) is 42.0 Å². The zero-order valence-corrected chi connectivity index (χ0v) is 22.3. The van der Waals surface area contributed by atoms with Crippen LogP contribution in [-0.2, 0) is 14.3 Å². The summed E-state index contributed by atoms with van der Waals surface area (Å²) in [5, 5.41) is 17.8. The van der Waals surface area contributed by atoms with Gasteiger partial charge in [0, 0.05) is 42.9 Å². The number of methoxy groups -OCH3 is 1. The first kappa shape index (κ1) is 27.9. The number of likely N-dealkylation sites (tertiary alicyclic amines) is 1. The minimum Gasteiger partial charge on any atom is -0.467 e. The van der Waals surface area contributed by atoms with Gasteiger partial charge in [0.05, 0.1) is 18.5 Å². The Morgan fingerprint density at radius 1 is 1.19 bits per heavy atom. The lowest BCUT2D eigenvalue weighted by atomic mass is 10.0. The fourth-order valence-corrected chi connectivity index (χ4v) is 4.28. The maximum Gasteiger partial charge on any atom is 0.411 e. The van der Waals surface area contributed by atoms with Crippen molar-refractivity contribution in [2.75, 3.05) is 44.4 Å². The van der Waals surface area contributed by atoms with Crippen molar-refractivity contribution in [2.45, 2.75) is 51.3 Å². The maximum atomic E-state index is 12.8. The monoisotopic (exact) mass is 510 g/mol. The maximum absolute atomic E-state index is 12.8. The van der Waals surface area contributed by atoms with Crippen LogP contribution in [0.15, 0.2) is 36.4 Å². The number of ether oxygens (including phenoxy) is 2. The second-order valence-corrected chi connectivity index (χ2v) is 9.95. The molecule has 1 aliphatic heterocycles. The molecule has 37 heavy (non-hydrogen) atoms. The number of hydrogen-bond donors (Lipinski definition) is 4. The summed E-state index contributed by atoms with van der Waals surface area (Å²) in [5.41, 5.74) is 2.61. The molecule has 0 unspecified atom stereocenters. The predicted octanol–water partition coefficient (Wildman–Crippen LogP) is 3.73. The molecule has 10 nitrogen and oxygen atoms in total. The molecule has 3 rings (SSSR count). The van der Waals surface area contributed by atoms with Crippen molar-refractivity contribution in [3.05, 3.63) is 42.0 Å². The summed E-state index contributed by atoms with van der Waals surface area (Å²) in [6, 6.07) is 10.5. The standard InChI is InChI=1S/C27H38N6O4/c1-27(2,3)37-26(35)33-17-19(15-22(33)25(34)36-5)31-23-12-7-11-21(32-23)20-10-6-9-18(16-28)24(20)30-14-8-13-29-4/h6-7,9-12,16,19,22,28-30H,8,13-15,17H2,1-5H3,(H,31,32)/t19-,22-/m0/s1. The number of esters is 1. The molecule has 10 heteroatoms. The zero-order valence-electron chi connectivity index (χ0n) is 22.3. The lowest BCUT2D eigenvalue weighted by molar-refractivity contribution is -0.145. The lowest BCUT2D eigenvalue weighted by Crippen LogP contribution is -2.44. The molecule has 1 aromatic heterocycles. The van der Waals surface area contributed by atoms with E-state index in [-0.39, 0.29) is 12.6 Å². The molecule has 1 aliphatic rings. The smallest absolute Gasteiger partial charge is 0.411 e. The molecule has 2 heterocycles. The third-order valence-corrected chi connectivity index (χ3v) is 5.94. The molecular weight excluding hydrogens is 472 g/mol. The molecular formula is C27H38N6O4. The molecule has 1 fully saturated rings. The normalized spacial score (nSPS) is 17.3. The van der Waals surface area contributed by atoms with Crippen LogP contribution in [0.2, 0.25) is 0 Å². The van der Waals surface area contributed by atoms with Crippen LogP contribution >= 0.6 is 0 Å². The van der Waals surface area contributed by atoms with Gasteiger partial charge in [0.25, 0.3) is 0 Å². The van der Waals surface area contributed by atoms with Crippen molar-refractivity contribution in [3.8, 4) is 11.3 Å². The van der Waals surface area contributed by atoms with Gasteiger partial charge in [-0.05, 0) is 52.9 Å². The zero-order chi connectivity index (χ0) is 27.0. The van der Waals surface area contributed by atoms with E-state index >= 15 is 0 Å². The van der Waals surface area contributed by atoms with Gasteiger partial charge in [-0.15, -0.1) is 0 Å². The van der Waals surface area contributed by atoms with Crippen LogP contribution in [0.3, 0.4) is 0 Å². The van der Waals surface area contributed by atoms with E-state index in [9.17, 15) is 9.59 Å². The summed E-state index contributed by atoms with van der Waals surface area (Å²) in [6.45, 7) is 7.29. The molecule has 1 aromatic carbocycles. The molecule has 200 valence electrons. The average Bonchev–Trinajstić information content (AvgIpc) is 3.29. The molecule has 0 bridgehead atoms. The third-order valence-electron chi connectivity index (χ3n) is 5.94. The van der Waals surface area contributed by atoms with Gasteiger partial charge in [0.15, 0.2) is 0 Å². The Morgan fingerprint density at radius 2 is 1.95 bits per heavy atom. The number of carbonyl (C=O) groups excluding carboxylic acids is 2. The third kappa shape index (κ3) is 7.42. The highest BCUT2D eigenvalue weighted by molar-refractivity contribution is 5.93. The van der Waals surface area contributed by atoms with Crippen LogP contribution in [0.25, 0.3) is 11.3 Å². The van der Waals surface area contributed by atoms with Gasteiger partial charge in [0.1, 0.15) is 17.5 Å². The Morgan fingerprint density at radius 3 is 2.62 bits per heavy atom. The Bertz CT molecular complexity index is 1100. The summed E-state index contributed by atoms with van der Waals surface area (Å²) in [5.74, 6) is 0.146. The van der Waals surface area contributed by atoms with E-state index in [1.165, 1.54) is 18.2 Å². The van der Waals surface area contributed by atoms with Crippen molar-refractivity contribution in [1.82, 2.24) is 15.2 Å². The van der Waals surface area contributed by atoms with E-state index in [4.69, 9.17) is 19.9 Å². The summed E-state index contributed by atoms with van der Waals surface area (Å²) >= 11 is 0. The molecule has 1 saturated heterocycles. The van der Waals surface area contributed by atoms with Crippen LogP contribution < -0.4 is 16.0 Å². The largest absolute Gasteiger partial charge is 0.467 e. The molecule has 1 amide bonds. The van der Waals surface area contributed by atoms with Gasteiger partial charge in [-0.25, -0.2) is 14.6 Å². The number of benzene rings is 1. The van der Waals surface area contributed by atoms with Crippen LogP contribution in [0.5, 0.6) is 0 Å². The number of carbonyl (C=O) groups is 2. The fourth-order valence-electron chi connectivity index (χ4n) is 4.28. The molecule has 0 saturated carbocycles. The van der Waals surface area contributed by atoms with E-state index in [0.29, 0.717) is 12.2 Å².